The maximum atomic E-state index is 14.5. The van der Waals surface area contributed by atoms with Crippen LogP contribution in [0.15, 0.2) is 58.1 Å². The SMILES string of the molecule is CNc1cc(=O)n(Cc2ccc(OC)cc2)c(=O)n1-c1ccc(I)cc1F.[Na]. The standard InChI is InChI=1S/C19H17FIN3O3.Na/c1-22-17-10-18(25)23(11-12-3-6-14(27-2)7-4-12)19(26)24(17)16-8-5-13(21)9-15(16)20;/h3-10,22H,11H2,1-2H3;. The first-order valence-electron chi connectivity index (χ1n) is 8.07. The van der Waals surface area contributed by atoms with Crippen LogP contribution in [0.2, 0.25) is 0 Å². The van der Waals surface area contributed by atoms with E-state index >= 15 is 0 Å². The molecule has 1 radical (unpaired) electrons. The van der Waals surface area contributed by atoms with Gasteiger partial charge in [0.15, 0.2) is 0 Å². The molecule has 6 nitrogen and oxygen atoms in total. The average Bonchev–Trinajstić information content (AvgIpc) is 2.66. The normalized spacial score (nSPS) is 10.3. The number of anilines is 1. The minimum absolute atomic E-state index is 0. The smallest absolute Gasteiger partial charge is 0.337 e. The summed E-state index contributed by atoms with van der Waals surface area (Å²) < 4.78 is 22.5. The number of aromatic nitrogens is 2. The Morgan fingerprint density at radius 3 is 2.36 bits per heavy atom. The molecule has 1 N–H and O–H groups in total. The first-order valence-corrected chi connectivity index (χ1v) is 9.15. The summed E-state index contributed by atoms with van der Waals surface area (Å²) in [6.07, 6.45) is 0. The number of benzene rings is 2. The van der Waals surface area contributed by atoms with Crippen molar-refractivity contribution in [2.75, 3.05) is 19.5 Å². The zero-order valence-electron chi connectivity index (χ0n) is 15.7. The fraction of sp³-hybridized carbons (Fsp3) is 0.158. The number of halogens is 2. The molecule has 9 heteroatoms. The molecule has 3 aromatic rings. The zero-order valence-corrected chi connectivity index (χ0v) is 19.9. The van der Waals surface area contributed by atoms with Crippen LogP contribution in [-0.2, 0) is 6.54 Å². The second kappa shape index (κ2) is 9.73. The molecule has 0 saturated carbocycles. The Balaban J connectivity index is 0.00000280. The van der Waals surface area contributed by atoms with Gasteiger partial charge in [-0.2, -0.15) is 0 Å². The average molecular weight is 504 g/mol. The molecule has 141 valence electrons. The number of methoxy groups -OCH3 is 1. The molecule has 3 rings (SSSR count). The van der Waals surface area contributed by atoms with Crippen LogP contribution in [0.4, 0.5) is 10.2 Å². The summed E-state index contributed by atoms with van der Waals surface area (Å²) in [5.74, 6) is 0.348. The fourth-order valence-corrected chi connectivity index (χ4v) is 3.17. The molecule has 1 aromatic heterocycles. The molecule has 0 aliphatic heterocycles. The Kier molecular flexibility index (Phi) is 7.87. The number of nitrogens with one attached hydrogen (secondary N) is 1. The third-order valence-corrected chi connectivity index (χ3v) is 4.77. The van der Waals surface area contributed by atoms with E-state index in [4.69, 9.17) is 4.74 Å². The molecule has 0 saturated heterocycles. The molecule has 1 heterocycles. The van der Waals surface area contributed by atoms with E-state index in [1.165, 1.54) is 18.2 Å². The molecule has 0 atom stereocenters. The van der Waals surface area contributed by atoms with Gasteiger partial charge in [-0.05, 0) is 58.5 Å². The van der Waals surface area contributed by atoms with Gasteiger partial charge >= 0.3 is 5.69 Å². The van der Waals surface area contributed by atoms with E-state index in [9.17, 15) is 14.0 Å². The Morgan fingerprint density at radius 2 is 1.79 bits per heavy atom. The van der Waals surface area contributed by atoms with Crippen molar-refractivity contribution < 1.29 is 9.13 Å². The molecule has 0 unspecified atom stereocenters. The first-order chi connectivity index (χ1) is 12.9. The summed E-state index contributed by atoms with van der Waals surface area (Å²) in [4.78, 5) is 25.5. The van der Waals surface area contributed by atoms with Crippen molar-refractivity contribution in [1.82, 2.24) is 9.13 Å². The van der Waals surface area contributed by atoms with Crippen molar-refractivity contribution in [2.45, 2.75) is 6.54 Å². The molecule has 2 aromatic carbocycles. The Bertz CT molecular complexity index is 1100. The van der Waals surface area contributed by atoms with Gasteiger partial charge in [0.2, 0.25) is 0 Å². The predicted molar refractivity (Wildman–Crippen MR) is 116 cm³/mol. The van der Waals surface area contributed by atoms with E-state index in [2.05, 4.69) is 5.32 Å². The predicted octanol–water partition coefficient (Wildman–Crippen LogP) is 2.46. The van der Waals surface area contributed by atoms with Crippen molar-refractivity contribution in [3.8, 4) is 11.4 Å². The molecular formula is C19H17FIN3NaO3. The topological polar surface area (TPSA) is 65.3 Å². The van der Waals surface area contributed by atoms with Crippen molar-refractivity contribution in [1.29, 1.82) is 0 Å². The van der Waals surface area contributed by atoms with E-state index in [0.717, 1.165) is 14.7 Å². The summed E-state index contributed by atoms with van der Waals surface area (Å²) >= 11 is 1.99. The summed E-state index contributed by atoms with van der Waals surface area (Å²) in [6, 6.07) is 12.9. The zero-order chi connectivity index (χ0) is 19.6. The van der Waals surface area contributed by atoms with Crippen LogP contribution in [0, 0.1) is 9.39 Å². The second-order valence-corrected chi connectivity index (χ2v) is 7.01. The Labute approximate surface area is 196 Å². The summed E-state index contributed by atoms with van der Waals surface area (Å²) in [6.45, 7) is 0.0671. The number of rotatable bonds is 5. The van der Waals surface area contributed by atoms with Crippen molar-refractivity contribution in [3.63, 3.8) is 0 Å². The third kappa shape index (κ3) is 4.68. The van der Waals surface area contributed by atoms with Crippen LogP contribution in [0.25, 0.3) is 5.69 Å². The van der Waals surface area contributed by atoms with E-state index in [1.807, 2.05) is 22.6 Å². The first kappa shape index (κ1) is 22.7. The third-order valence-electron chi connectivity index (χ3n) is 4.10. The van der Waals surface area contributed by atoms with Gasteiger partial charge in [0.25, 0.3) is 5.56 Å². The van der Waals surface area contributed by atoms with Crippen molar-refractivity contribution >= 4 is 58.0 Å². The van der Waals surface area contributed by atoms with Crippen LogP contribution in [0.5, 0.6) is 5.75 Å². The summed E-state index contributed by atoms with van der Waals surface area (Å²) in [7, 11) is 3.13. The fourth-order valence-electron chi connectivity index (χ4n) is 2.72. The molecule has 0 bridgehead atoms. The molecule has 0 aliphatic carbocycles. The van der Waals surface area contributed by atoms with Gasteiger partial charge in [0, 0.05) is 46.2 Å². The molecular weight excluding hydrogens is 487 g/mol. The van der Waals surface area contributed by atoms with Gasteiger partial charge in [-0.1, -0.05) is 12.1 Å². The molecule has 0 fully saturated rings. The number of ether oxygens (including phenoxy) is 1. The maximum absolute atomic E-state index is 14.5. The van der Waals surface area contributed by atoms with Crippen molar-refractivity contribution in [3.05, 3.63) is 84.3 Å². The van der Waals surface area contributed by atoms with Gasteiger partial charge < -0.3 is 10.1 Å². The minimum Gasteiger partial charge on any atom is -0.497 e. The number of nitrogens with zero attached hydrogens (tertiary/aromatic N) is 2. The molecule has 0 spiro atoms. The van der Waals surface area contributed by atoms with Crippen LogP contribution in [-0.4, -0.2) is 52.8 Å². The van der Waals surface area contributed by atoms with Crippen LogP contribution >= 0.6 is 22.6 Å². The number of hydrogen-bond donors (Lipinski definition) is 1. The van der Waals surface area contributed by atoms with Gasteiger partial charge in [-0.3, -0.25) is 9.36 Å². The van der Waals surface area contributed by atoms with E-state index in [0.29, 0.717) is 9.32 Å². The van der Waals surface area contributed by atoms with Crippen molar-refractivity contribution in [2.24, 2.45) is 0 Å². The van der Waals surface area contributed by atoms with Crippen LogP contribution in [0.1, 0.15) is 5.56 Å². The van der Waals surface area contributed by atoms with Crippen LogP contribution in [0.3, 0.4) is 0 Å². The maximum Gasteiger partial charge on any atom is 0.337 e. The van der Waals surface area contributed by atoms with Gasteiger partial charge in [0.1, 0.15) is 17.4 Å². The Morgan fingerprint density at radius 1 is 1.11 bits per heavy atom. The largest absolute Gasteiger partial charge is 0.497 e. The minimum atomic E-state index is -0.622. The molecule has 28 heavy (non-hydrogen) atoms. The summed E-state index contributed by atoms with van der Waals surface area (Å²) in [5, 5.41) is 2.79. The molecule has 0 aliphatic rings. The monoisotopic (exact) mass is 504 g/mol. The van der Waals surface area contributed by atoms with Gasteiger partial charge in [0.05, 0.1) is 19.3 Å². The van der Waals surface area contributed by atoms with Gasteiger partial charge in [-0.15, -0.1) is 0 Å². The number of hydrogen-bond acceptors (Lipinski definition) is 4. The molecule has 0 amide bonds. The summed E-state index contributed by atoms with van der Waals surface area (Å²) in [5.41, 5.74) is -0.264. The quantitative estimate of drug-likeness (QED) is 0.429. The van der Waals surface area contributed by atoms with Crippen LogP contribution < -0.4 is 21.3 Å². The van der Waals surface area contributed by atoms with Gasteiger partial charge in [-0.25, -0.2) is 13.8 Å². The van der Waals surface area contributed by atoms with E-state index in [1.54, 1.807) is 44.5 Å². The second-order valence-electron chi connectivity index (χ2n) is 5.77. The van der Waals surface area contributed by atoms with E-state index < -0.39 is 17.1 Å². The Hall–Kier alpha value is -1.62. The van der Waals surface area contributed by atoms with E-state index in [-0.39, 0.29) is 47.6 Å².